The van der Waals surface area contributed by atoms with E-state index in [4.69, 9.17) is 4.12 Å². The van der Waals surface area contributed by atoms with Gasteiger partial charge in [0.2, 0.25) is 0 Å². The third-order valence-corrected chi connectivity index (χ3v) is 7.78. The quantitative estimate of drug-likeness (QED) is 0.714. The Morgan fingerprint density at radius 3 is 2.27 bits per heavy atom. The number of hydrogen-bond donors (Lipinski definition) is 0. The number of rotatable bonds is 5. The first-order valence-electron chi connectivity index (χ1n) is 5.69. The van der Waals surface area contributed by atoms with Gasteiger partial charge in [-0.3, -0.25) is 0 Å². The van der Waals surface area contributed by atoms with E-state index in [1.807, 2.05) is 0 Å². The van der Waals surface area contributed by atoms with Crippen molar-refractivity contribution in [1.82, 2.24) is 0 Å². The third-order valence-electron chi connectivity index (χ3n) is 2.24. The SMILES string of the molecule is C[SiH](CCc1ccccc1)O[Si](C)(C)C. The lowest BCUT2D eigenvalue weighted by atomic mass is 10.2. The molecule has 0 spiro atoms. The molecule has 0 aliphatic heterocycles. The summed E-state index contributed by atoms with van der Waals surface area (Å²) < 4.78 is 6.14. The zero-order chi connectivity index (χ0) is 11.3. The summed E-state index contributed by atoms with van der Waals surface area (Å²) in [4.78, 5) is 0. The predicted molar refractivity (Wildman–Crippen MR) is 72.4 cm³/mol. The van der Waals surface area contributed by atoms with Crippen LogP contribution < -0.4 is 0 Å². The van der Waals surface area contributed by atoms with E-state index in [9.17, 15) is 0 Å². The van der Waals surface area contributed by atoms with Crippen molar-refractivity contribution in [3.63, 3.8) is 0 Å². The minimum atomic E-state index is -1.30. The maximum Gasteiger partial charge on any atom is 0.170 e. The fourth-order valence-electron chi connectivity index (χ4n) is 1.68. The molecular weight excluding hydrogens is 216 g/mol. The van der Waals surface area contributed by atoms with E-state index in [2.05, 4.69) is 56.5 Å². The lowest BCUT2D eigenvalue weighted by Gasteiger charge is -2.22. The van der Waals surface area contributed by atoms with E-state index < -0.39 is 17.4 Å². The first-order valence-corrected chi connectivity index (χ1v) is 11.5. The van der Waals surface area contributed by atoms with Crippen LogP contribution in [0.2, 0.25) is 32.2 Å². The topological polar surface area (TPSA) is 9.23 Å². The average Bonchev–Trinajstić information content (AvgIpc) is 2.14. The Balaban J connectivity index is 2.32. The molecule has 1 rings (SSSR count). The van der Waals surface area contributed by atoms with Gasteiger partial charge >= 0.3 is 0 Å². The zero-order valence-corrected chi connectivity index (χ0v) is 12.4. The van der Waals surface area contributed by atoms with Crippen molar-refractivity contribution >= 4 is 17.4 Å². The standard InChI is InChI=1S/C12H22OSi2/c1-14(13-15(2,3)4)11-10-12-8-6-5-7-9-12/h5-9,14H,10-11H2,1-4H3. The molecule has 0 amide bonds. The van der Waals surface area contributed by atoms with Crippen molar-refractivity contribution in [2.75, 3.05) is 0 Å². The van der Waals surface area contributed by atoms with Crippen LogP contribution in [0.25, 0.3) is 0 Å². The van der Waals surface area contributed by atoms with Crippen LogP contribution in [0.15, 0.2) is 30.3 Å². The number of aryl methyl sites for hydroxylation is 1. The maximum atomic E-state index is 6.14. The summed E-state index contributed by atoms with van der Waals surface area (Å²) in [5, 5.41) is 0. The smallest absolute Gasteiger partial charge is 0.170 e. The molecule has 0 heterocycles. The molecule has 0 fully saturated rings. The van der Waals surface area contributed by atoms with Gasteiger partial charge in [0.05, 0.1) is 0 Å². The second-order valence-electron chi connectivity index (χ2n) is 5.07. The Kier molecular flexibility index (Phi) is 4.76. The summed E-state index contributed by atoms with van der Waals surface area (Å²) >= 11 is 0. The van der Waals surface area contributed by atoms with Gasteiger partial charge in [-0.1, -0.05) is 30.3 Å². The van der Waals surface area contributed by atoms with E-state index in [0.717, 1.165) is 0 Å². The van der Waals surface area contributed by atoms with Crippen LogP contribution in [0.1, 0.15) is 5.56 Å². The van der Waals surface area contributed by atoms with Crippen LogP contribution >= 0.6 is 0 Å². The Morgan fingerprint density at radius 1 is 1.13 bits per heavy atom. The lowest BCUT2D eigenvalue weighted by molar-refractivity contribution is 0.572. The zero-order valence-electron chi connectivity index (χ0n) is 10.3. The normalized spacial score (nSPS) is 13.9. The third kappa shape index (κ3) is 5.92. The molecule has 1 unspecified atom stereocenters. The van der Waals surface area contributed by atoms with Gasteiger partial charge in [0.1, 0.15) is 0 Å². The second kappa shape index (κ2) is 5.63. The maximum absolute atomic E-state index is 6.14. The molecule has 1 atom stereocenters. The summed E-state index contributed by atoms with van der Waals surface area (Å²) in [7, 11) is -2.23. The average molecular weight is 238 g/mol. The minimum Gasteiger partial charge on any atom is -0.458 e. The Labute approximate surface area is 96.3 Å². The largest absolute Gasteiger partial charge is 0.458 e. The van der Waals surface area contributed by atoms with Gasteiger partial charge in [-0.2, -0.15) is 0 Å². The highest BCUT2D eigenvalue weighted by Gasteiger charge is 2.18. The molecule has 15 heavy (non-hydrogen) atoms. The van der Waals surface area contributed by atoms with Crippen molar-refractivity contribution < 1.29 is 4.12 Å². The van der Waals surface area contributed by atoms with Crippen LogP contribution in [-0.4, -0.2) is 17.4 Å². The predicted octanol–water partition coefficient (Wildman–Crippen LogP) is 3.43. The highest BCUT2D eigenvalue weighted by molar-refractivity contribution is 6.77. The van der Waals surface area contributed by atoms with Crippen LogP contribution in [0.5, 0.6) is 0 Å². The summed E-state index contributed by atoms with van der Waals surface area (Å²) in [6.07, 6.45) is 1.18. The first-order chi connectivity index (χ1) is 6.97. The molecule has 0 aliphatic carbocycles. The van der Waals surface area contributed by atoms with Gasteiger partial charge in [-0.15, -0.1) is 0 Å². The Bertz CT molecular complexity index is 279. The monoisotopic (exact) mass is 238 g/mol. The Morgan fingerprint density at radius 2 is 1.73 bits per heavy atom. The van der Waals surface area contributed by atoms with E-state index >= 15 is 0 Å². The fraction of sp³-hybridized carbons (Fsp3) is 0.500. The van der Waals surface area contributed by atoms with Gasteiger partial charge in [0.25, 0.3) is 0 Å². The molecule has 0 aliphatic rings. The summed E-state index contributed by atoms with van der Waals surface area (Å²) in [6.45, 7) is 9.15. The van der Waals surface area contributed by atoms with E-state index in [0.29, 0.717) is 0 Å². The van der Waals surface area contributed by atoms with E-state index in [-0.39, 0.29) is 0 Å². The molecule has 1 aromatic rings. The van der Waals surface area contributed by atoms with Gasteiger partial charge < -0.3 is 4.12 Å². The first kappa shape index (κ1) is 12.7. The summed E-state index contributed by atoms with van der Waals surface area (Å²) in [5.41, 5.74) is 1.44. The lowest BCUT2D eigenvalue weighted by Crippen LogP contribution is -2.33. The van der Waals surface area contributed by atoms with Crippen molar-refractivity contribution in [2.45, 2.75) is 38.7 Å². The van der Waals surface area contributed by atoms with Crippen molar-refractivity contribution in [3.8, 4) is 0 Å². The molecule has 0 bridgehead atoms. The molecule has 0 saturated heterocycles. The highest BCUT2D eigenvalue weighted by Crippen LogP contribution is 2.11. The van der Waals surface area contributed by atoms with Crippen LogP contribution in [0.3, 0.4) is 0 Å². The van der Waals surface area contributed by atoms with Crippen LogP contribution in [-0.2, 0) is 10.5 Å². The second-order valence-corrected chi connectivity index (χ2v) is 12.4. The molecule has 0 aromatic heterocycles. The number of hydrogen-bond acceptors (Lipinski definition) is 1. The van der Waals surface area contributed by atoms with Gasteiger partial charge in [-0.05, 0) is 44.2 Å². The fourth-order valence-corrected chi connectivity index (χ4v) is 7.72. The Hall–Kier alpha value is -0.386. The minimum absolute atomic E-state index is 0.935. The van der Waals surface area contributed by atoms with Crippen molar-refractivity contribution in [1.29, 1.82) is 0 Å². The van der Waals surface area contributed by atoms with Crippen LogP contribution in [0, 0.1) is 0 Å². The van der Waals surface area contributed by atoms with Gasteiger partial charge in [0, 0.05) is 0 Å². The molecule has 0 N–H and O–H groups in total. The summed E-state index contributed by atoms with van der Waals surface area (Å²) in [5.74, 6) is 0. The summed E-state index contributed by atoms with van der Waals surface area (Å²) in [6, 6.07) is 12.0. The van der Waals surface area contributed by atoms with Crippen LogP contribution in [0.4, 0.5) is 0 Å². The molecular formula is C12H22OSi2. The molecule has 0 saturated carbocycles. The highest BCUT2D eigenvalue weighted by atomic mass is 28.4. The van der Waals surface area contributed by atoms with Crippen molar-refractivity contribution in [2.24, 2.45) is 0 Å². The molecule has 3 heteroatoms. The molecule has 1 aromatic carbocycles. The molecule has 0 radical (unpaired) electrons. The van der Waals surface area contributed by atoms with E-state index in [1.165, 1.54) is 18.0 Å². The van der Waals surface area contributed by atoms with Crippen molar-refractivity contribution in [3.05, 3.63) is 35.9 Å². The van der Waals surface area contributed by atoms with Gasteiger partial charge in [-0.25, -0.2) is 0 Å². The van der Waals surface area contributed by atoms with Gasteiger partial charge in [0.15, 0.2) is 17.4 Å². The molecule has 84 valence electrons. The molecule has 1 nitrogen and oxygen atoms in total. The number of benzene rings is 1. The van der Waals surface area contributed by atoms with E-state index in [1.54, 1.807) is 0 Å².